The van der Waals surface area contributed by atoms with Crippen molar-refractivity contribution in [2.75, 3.05) is 0 Å². The first-order valence-electron chi connectivity index (χ1n) is 7.97. The van der Waals surface area contributed by atoms with Crippen molar-refractivity contribution in [3.05, 3.63) is 68.5 Å². The van der Waals surface area contributed by atoms with Gasteiger partial charge in [-0.2, -0.15) is 0 Å². The van der Waals surface area contributed by atoms with Crippen LogP contribution in [0.4, 0.5) is 5.69 Å². The van der Waals surface area contributed by atoms with Gasteiger partial charge >= 0.3 is 0 Å². The molecule has 126 valence electrons. The second-order valence-corrected chi connectivity index (χ2v) is 5.98. The summed E-state index contributed by atoms with van der Waals surface area (Å²) in [5, 5.41) is 11.1. The highest BCUT2D eigenvalue weighted by molar-refractivity contribution is 6.29. The van der Waals surface area contributed by atoms with Crippen molar-refractivity contribution in [1.29, 1.82) is 0 Å². The van der Waals surface area contributed by atoms with Crippen LogP contribution in [0.25, 0.3) is 0 Å². The van der Waals surface area contributed by atoms with Gasteiger partial charge < -0.3 is 0 Å². The predicted molar refractivity (Wildman–Crippen MR) is 93.6 cm³/mol. The summed E-state index contributed by atoms with van der Waals surface area (Å²) in [5.74, 6) is -0.498. The zero-order chi connectivity index (χ0) is 17.5. The predicted octanol–water partition coefficient (Wildman–Crippen LogP) is 5.00. The number of rotatable bonds is 8. The van der Waals surface area contributed by atoms with Gasteiger partial charge in [-0.25, -0.2) is 4.98 Å². The van der Waals surface area contributed by atoms with E-state index in [0.29, 0.717) is 5.56 Å². The molecule has 24 heavy (non-hydrogen) atoms. The van der Waals surface area contributed by atoms with Gasteiger partial charge in [-0.3, -0.25) is 14.9 Å². The van der Waals surface area contributed by atoms with Crippen LogP contribution in [0.2, 0.25) is 5.15 Å². The molecule has 0 atom stereocenters. The summed E-state index contributed by atoms with van der Waals surface area (Å²) in [6.45, 7) is 2.17. The Morgan fingerprint density at radius 3 is 2.46 bits per heavy atom. The van der Waals surface area contributed by atoms with E-state index in [4.69, 9.17) is 11.6 Å². The molecule has 0 aliphatic carbocycles. The lowest BCUT2D eigenvalue weighted by atomic mass is 10.0. The van der Waals surface area contributed by atoms with Crippen LogP contribution in [0.3, 0.4) is 0 Å². The van der Waals surface area contributed by atoms with Gasteiger partial charge in [0.15, 0.2) is 5.69 Å². The molecular weight excluding hydrogens is 328 g/mol. The molecule has 1 heterocycles. The lowest BCUT2D eigenvalue weighted by Gasteiger charge is -2.05. The first-order chi connectivity index (χ1) is 11.5. The summed E-state index contributed by atoms with van der Waals surface area (Å²) in [6.07, 6.45) is 5.68. The zero-order valence-electron chi connectivity index (χ0n) is 13.5. The molecule has 0 radical (unpaired) electrons. The summed E-state index contributed by atoms with van der Waals surface area (Å²) >= 11 is 5.78. The molecule has 1 aromatic carbocycles. The lowest BCUT2D eigenvalue weighted by molar-refractivity contribution is -0.385. The molecule has 0 N–H and O–H groups in total. The maximum atomic E-state index is 12.5. The van der Waals surface area contributed by atoms with Crippen molar-refractivity contribution in [2.24, 2.45) is 0 Å². The number of carbonyl (C=O) groups is 1. The quantitative estimate of drug-likeness (QED) is 0.222. The minimum atomic E-state index is -0.626. The fraction of sp³-hybridized carbons (Fsp3) is 0.333. The van der Waals surface area contributed by atoms with Crippen LogP contribution >= 0.6 is 11.6 Å². The van der Waals surface area contributed by atoms with Crippen LogP contribution in [-0.4, -0.2) is 15.7 Å². The van der Waals surface area contributed by atoms with Gasteiger partial charge in [0, 0.05) is 11.6 Å². The third-order valence-electron chi connectivity index (χ3n) is 3.79. The van der Waals surface area contributed by atoms with Gasteiger partial charge in [0.05, 0.1) is 4.92 Å². The molecule has 0 aliphatic rings. The van der Waals surface area contributed by atoms with Crippen LogP contribution in [-0.2, 0) is 6.42 Å². The molecule has 0 saturated carbocycles. The van der Waals surface area contributed by atoms with Gasteiger partial charge in [-0.1, -0.05) is 62.1 Å². The molecule has 2 rings (SSSR count). The number of halogens is 1. The summed E-state index contributed by atoms with van der Waals surface area (Å²) in [6, 6.07) is 9.64. The Bertz CT molecular complexity index is 730. The molecule has 0 saturated heterocycles. The monoisotopic (exact) mass is 346 g/mol. The van der Waals surface area contributed by atoms with E-state index < -0.39 is 10.7 Å². The number of aromatic nitrogens is 1. The Kier molecular flexibility index (Phi) is 6.44. The van der Waals surface area contributed by atoms with Crippen LogP contribution in [0.1, 0.15) is 54.2 Å². The summed E-state index contributed by atoms with van der Waals surface area (Å²) in [4.78, 5) is 26.8. The van der Waals surface area contributed by atoms with E-state index in [1.807, 2.05) is 12.1 Å². The van der Waals surface area contributed by atoms with E-state index in [0.717, 1.165) is 18.4 Å². The Morgan fingerprint density at radius 1 is 1.12 bits per heavy atom. The van der Waals surface area contributed by atoms with E-state index in [9.17, 15) is 14.9 Å². The van der Waals surface area contributed by atoms with Crippen molar-refractivity contribution in [1.82, 2.24) is 4.98 Å². The number of carbonyl (C=O) groups excluding carboxylic acids is 1. The van der Waals surface area contributed by atoms with Gasteiger partial charge in [-0.05, 0) is 24.5 Å². The van der Waals surface area contributed by atoms with Crippen molar-refractivity contribution in [3.8, 4) is 0 Å². The third-order valence-corrected chi connectivity index (χ3v) is 4.00. The Morgan fingerprint density at radius 2 is 1.83 bits per heavy atom. The molecule has 0 unspecified atom stereocenters. The second-order valence-electron chi connectivity index (χ2n) is 5.60. The van der Waals surface area contributed by atoms with Crippen molar-refractivity contribution < 1.29 is 9.72 Å². The van der Waals surface area contributed by atoms with E-state index in [-0.39, 0.29) is 16.5 Å². The molecule has 1 aromatic heterocycles. The molecule has 0 bridgehead atoms. The van der Waals surface area contributed by atoms with Crippen LogP contribution in [0.5, 0.6) is 0 Å². The lowest BCUT2D eigenvalue weighted by Crippen LogP contribution is -2.08. The minimum Gasteiger partial charge on any atom is -0.287 e. The number of unbranched alkanes of at least 4 members (excludes halogenated alkanes) is 3. The Labute approximate surface area is 145 Å². The number of nitrogens with zero attached hydrogens (tertiary/aromatic N) is 2. The molecule has 0 spiro atoms. The van der Waals surface area contributed by atoms with Crippen LogP contribution in [0, 0.1) is 10.1 Å². The smallest absolute Gasteiger partial charge is 0.287 e. The Balaban J connectivity index is 2.16. The number of nitro groups is 1. The maximum absolute atomic E-state index is 12.5. The number of ketones is 1. The maximum Gasteiger partial charge on any atom is 0.299 e. The summed E-state index contributed by atoms with van der Waals surface area (Å²) in [7, 11) is 0. The normalized spacial score (nSPS) is 10.6. The SMILES string of the molecule is CCCCCCc1ccc(C(=O)c2nc(Cl)ccc2[N+](=O)[O-])cc1. The minimum absolute atomic E-state index is 0.0523. The first-order valence-corrected chi connectivity index (χ1v) is 8.35. The van der Waals surface area contributed by atoms with Gasteiger partial charge in [0.2, 0.25) is 5.78 Å². The van der Waals surface area contributed by atoms with Crippen molar-refractivity contribution in [3.63, 3.8) is 0 Å². The van der Waals surface area contributed by atoms with E-state index in [2.05, 4.69) is 11.9 Å². The zero-order valence-corrected chi connectivity index (χ0v) is 14.3. The summed E-state index contributed by atoms with van der Waals surface area (Å²) < 4.78 is 0. The molecule has 5 nitrogen and oxygen atoms in total. The number of hydrogen-bond donors (Lipinski definition) is 0. The van der Waals surface area contributed by atoms with E-state index in [1.54, 1.807) is 12.1 Å². The topological polar surface area (TPSA) is 73.1 Å². The number of aryl methyl sites for hydroxylation is 1. The highest BCUT2D eigenvalue weighted by atomic mass is 35.5. The van der Waals surface area contributed by atoms with E-state index >= 15 is 0 Å². The van der Waals surface area contributed by atoms with Crippen LogP contribution < -0.4 is 0 Å². The van der Waals surface area contributed by atoms with Gasteiger partial charge in [0.25, 0.3) is 5.69 Å². The molecule has 0 aliphatic heterocycles. The van der Waals surface area contributed by atoms with Crippen molar-refractivity contribution in [2.45, 2.75) is 39.0 Å². The fourth-order valence-electron chi connectivity index (χ4n) is 2.46. The third kappa shape index (κ3) is 4.61. The van der Waals surface area contributed by atoms with Crippen LogP contribution in [0.15, 0.2) is 36.4 Å². The van der Waals surface area contributed by atoms with Gasteiger partial charge in [0.1, 0.15) is 5.15 Å². The molecule has 0 amide bonds. The molecule has 0 fully saturated rings. The number of benzene rings is 1. The first kappa shape index (κ1) is 18.1. The fourth-order valence-corrected chi connectivity index (χ4v) is 2.61. The number of pyridine rings is 1. The highest BCUT2D eigenvalue weighted by Gasteiger charge is 2.23. The Hall–Kier alpha value is -2.27. The second kappa shape index (κ2) is 8.55. The average Bonchev–Trinajstić information content (AvgIpc) is 2.58. The van der Waals surface area contributed by atoms with Gasteiger partial charge in [-0.15, -0.1) is 0 Å². The average molecular weight is 347 g/mol. The largest absolute Gasteiger partial charge is 0.299 e. The molecule has 6 heteroatoms. The molecular formula is C18H19ClN2O3. The standard InChI is InChI=1S/C18H19ClN2O3/c1-2-3-4-5-6-13-7-9-14(10-8-13)18(22)17-15(21(23)24)11-12-16(19)20-17/h7-12H,2-6H2,1H3. The molecule has 2 aromatic rings. The number of hydrogen-bond acceptors (Lipinski definition) is 4. The summed E-state index contributed by atoms with van der Waals surface area (Å²) in [5.41, 5.74) is 0.942. The highest BCUT2D eigenvalue weighted by Crippen LogP contribution is 2.22. The van der Waals surface area contributed by atoms with E-state index in [1.165, 1.54) is 31.4 Å². The van der Waals surface area contributed by atoms with Crippen molar-refractivity contribution >= 4 is 23.1 Å².